The first-order valence-corrected chi connectivity index (χ1v) is 5.43. The fourth-order valence-electron chi connectivity index (χ4n) is 1.49. The second-order valence-electron chi connectivity index (χ2n) is 3.77. The second-order valence-corrected chi connectivity index (χ2v) is 3.77. The summed E-state index contributed by atoms with van der Waals surface area (Å²) in [7, 11) is 0. The van der Waals surface area contributed by atoms with Crippen molar-refractivity contribution in [2.24, 2.45) is 0 Å². The van der Waals surface area contributed by atoms with Gasteiger partial charge < -0.3 is 4.74 Å². The molecule has 5 heteroatoms. The summed E-state index contributed by atoms with van der Waals surface area (Å²) in [6.07, 6.45) is 0. The smallest absolute Gasteiger partial charge is 0.203 e. The van der Waals surface area contributed by atoms with Crippen molar-refractivity contribution in [2.75, 3.05) is 6.61 Å². The Bertz CT molecular complexity index is 611. The van der Waals surface area contributed by atoms with Crippen molar-refractivity contribution in [1.82, 2.24) is 0 Å². The molecule has 19 heavy (non-hydrogen) atoms. The molecule has 0 fully saturated rings. The summed E-state index contributed by atoms with van der Waals surface area (Å²) in [6.45, 7) is -0.568. The molecule has 0 aliphatic rings. The van der Waals surface area contributed by atoms with Gasteiger partial charge in [-0.05, 0) is 30.3 Å². The number of benzene rings is 2. The molecule has 0 saturated carbocycles. The van der Waals surface area contributed by atoms with Gasteiger partial charge in [0.05, 0.1) is 5.56 Å². The molecule has 0 heterocycles. The van der Waals surface area contributed by atoms with Crippen LogP contribution in [0.3, 0.4) is 0 Å². The Morgan fingerprint density at radius 2 is 1.74 bits per heavy atom. The summed E-state index contributed by atoms with van der Waals surface area (Å²) in [5.41, 5.74) is -0.420. The first-order valence-electron chi connectivity index (χ1n) is 5.43. The Morgan fingerprint density at radius 1 is 1.00 bits per heavy atom. The number of Topliss-reactive ketones (excluding diaryl/α,β-unsaturated/α-hetero) is 1. The van der Waals surface area contributed by atoms with E-state index >= 15 is 0 Å². The first-order chi connectivity index (χ1) is 9.08. The van der Waals surface area contributed by atoms with Gasteiger partial charge in [-0.2, -0.15) is 0 Å². The number of ketones is 1. The van der Waals surface area contributed by atoms with Crippen molar-refractivity contribution in [1.29, 1.82) is 0 Å². The fourth-order valence-corrected chi connectivity index (χ4v) is 1.49. The Hall–Kier alpha value is -2.30. The average molecular weight is 266 g/mol. The van der Waals surface area contributed by atoms with Gasteiger partial charge in [0.1, 0.15) is 11.6 Å². The second kappa shape index (κ2) is 5.56. The third-order valence-corrected chi connectivity index (χ3v) is 2.42. The molecule has 98 valence electrons. The van der Waals surface area contributed by atoms with Crippen molar-refractivity contribution in [2.45, 2.75) is 0 Å². The van der Waals surface area contributed by atoms with Gasteiger partial charge in [0.25, 0.3) is 0 Å². The van der Waals surface area contributed by atoms with Gasteiger partial charge in [-0.3, -0.25) is 4.79 Å². The van der Waals surface area contributed by atoms with Gasteiger partial charge in [-0.1, -0.05) is 12.1 Å². The van der Waals surface area contributed by atoms with Crippen LogP contribution in [0.15, 0.2) is 42.5 Å². The van der Waals surface area contributed by atoms with E-state index in [1.54, 1.807) is 0 Å². The minimum atomic E-state index is -0.844. The predicted molar refractivity (Wildman–Crippen MR) is 62.6 cm³/mol. The van der Waals surface area contributed by atoms with Gasteiger partial charge in [-0.25, -0.2) is 13.2 Å². The summed E-state index contributed by atoms with van der Waals surface area (Å²) in [4.78, 5) is 11.6. The van der Waals surface area contributed by atoms with Crippen LogP contribution in [0.2, 0.25) is 0 Å². The third-order valence-electron chi connectivity index (χ3n) is 2.42. The molecule has 0 atom stereocenters. The molecule has 0 unspecified atom stereocenters. The van der Waals surface area contributed by atoms with Crippen LogP contribution in [-0.2, 0) is 0 Å². The highest BCUT2D eigenvalue weighted by Gasteiger charge is 2.14. The lowest BCUT2D eigenvalue weighted by Crippen LogP contribution is -2.14. The normalized spacial score (nSPS) is 10.3. The minimum Gasteiger partial charge on any atom is -0.482 e. The summed E-state index contributed by atoms with van der Waals surface area (Å²) in [6, 6.07) is 8.05. The van der Waals surface area contributed by atoms with E-state index in [2.05, 4.69) is 0 Å². The van der Waals surface area contributed by atoms with E-state index in [9.17, 15) is 18.0 Å². The lowest BCUT2D eigenvalue weighted by Gasteiger charge is -2.07. The van der Waals surface area contributed by atoms with Crippen molar-refractivity contribution < 1.29 is 22.7 Å². The summed E-state index contributed by atoms with van der Waals surface area (Å²) in [5.74, 6) is -3.08. The van der Waals surface area contributed by atoms with Crippen LogP contribution >= 0.6 is 0 Å². The molecular formula is C14H9F3O2. The topological polar surface area (TPSA) is 26.3 Å². The number of ether oxygens (including phenoxy) is 1. The zero-order chi connectivity index (χ0) is 13.8. The van der Waals surface area contributed by atoms with E-state index in [-0.39, 0.29) is 5.75 Å². The maximum atomic E-state index is 13.3. The van der Waals surface area contributed by atoms with Gasteiger partial charge in [0, 0.05) is 0 Å². The van der Waals surface area contributed by atoms with Gasteiger partial charge >= 0.3 is 0 Å². The molecule has 0 bridgehead atoms. The number of hydrogen-bond acceptors (Lipinski definition) is 2. The van der Waals surface area contributed by atoms with Crippen molar-refractivity contribution >= 4 is 5.78 Å². The molecule has 2 aromatic carbocycles. The Morgan fingerprint density at radius 3 is 2.47 bits per heavy atom. The van der Waals surface area contributed by atoms with Crippen LogP contribution in [0.5, 0.6) is 5.75 Å². The van der Waals surface area contributed by atoms with Crippen LogP contribution in [0.25, 0.3) is 0 Å². The number of carbonyl (C=O) groups excluding carboxylic acids is 1. The van der Waals surface area contributed by atoms with Crippen molar-refractivity contribution in [3.8, 4) is 5.75 Å². The molecule has 0 aromatic heterocycles. The minimum absolute atomic E-state index is 0.118. The number of para-hydroxylation sites is 1. The van der Waals surface area contributed by atoms with E-state index in [0.717, 1.165) is 18.2 Å². The maximum absolute atomic E-state index is 13.3. The zero-order valence-electron chi connectivity index (χ0n) is 9.70. The van der Waals surface area contributed by atoms with Gasteiger partial charge in [-0.15, -0.1) is 0 Å². The predicted octanol–water partition coefficient (Wildman–Crippen LogP) is 3.37. The monoisotopic (exact) mass is 266 g/mol. The molecular weight excluding hydrogens is 257 g/mol. The number of rotatable bonds is 4. The molecule has 0 amide bonds. The highest BCUT2D eigenvalue weighted by Crippen LogP contribution is 2.16. The number of hydrogen-bond donors (Lipinski definition) is 0. The molecule has 0 aliphatic carbocycles. The summed E-state index contributed by atoms with van der Waals surface area (Å²) < 4.78 is 44.4. The summed E-state index contributed by atoms with van der Waals surface area (Å²) >= 11 is 0. The molecule has 2 nitrogen and oxygen atoms in total. The molecule has 2 aromatic rings. The standard InChI is InChI=1S/C14H9F3O2/c15-9-5-6-11(16)10(7-9)13(18)8-19-14-4-2-1-3-12(14)17/h1-7H,8H2. The summed E-state index contributed by atoms with van der Waals surface area (Å²) in [5, 5.41) is 0. The van der Waals surface area contributed by atoms with Crippen LogP contribution in [0.1, 0.15) is 10.4 Å². The zero-order valence-corrected chi connectivity index (χ0v) is 9.70. The van der Waals surface area contributed by atoms with E-state index in [1.807, 2.05) is 0 Å². The van der Waals surface area contributed by atoms with Crippen molar-refractivity contribution in [3.05, 3.63) is 65.5 Å². The molecule has 0 N–H and O–H groups in total. The van der Waals surface area contributed by atoms with E-state index in [1.165, 1.54) is 24.3 Å². The maximum Gasteiger partial charge on any atom is 0.203 e. The highest BCUT2D eigenvalue weighted by molar-refractivity contribution is 5.97. The number of carbonyl (C=O) groups is 1. The number of halogens is 3. The molecule has 0 saturated heterocycles. The third kappa shape index (κ3) is 3.13. The Balaban J connectivity index is 2.10. The SMILES string of the molecule is O=C(COc1ccccc1F)c1cc(F)ccc1F. The highest BCUT2D eigenvalue weighted by atomic mass is 19.1. The van der Waals surface area contributed by atoms with Crippen LogP contribution in [0.4, 0.5) is 13.2 Å². The van der Waals surface area contributed by atoms with Crippen LogP contribution in [0, 0.1) is 17.5 Å². The van der Waals surface area contributed by atoms with Gasteiger partial charge in [0.15, 0.2) is 18.2 Å². The molecule has 0 spiro atoms. The quantitative estimate of drug-likeness (QED) is 0.793. The van der Waals surface area contributed by atoms with Gasteiger partial charge in [0.2, 0.25) is 5.78 Å². The molecule has 0 radical (unpaired) electrons. The van der Waals surface area contributed by atoms with E-state index in [0.29, 0.717) is 0 Å². The average Bonchev–Trinajstić information content (AvgIpc) is 2.40. The fraction of sp³-hybridized carbons (Fsp3) is 0.0714. The molecule has 0 aliphatic heterocycles. The molecule has 2 rings (SSSR count). The van der Waals surface area contributed by atoms with E-state index in [4.69, 9.17) is 4.74 Å². The van der Waals surface area contributed by atoms with Crippen LogP contribution in [-0.4, -0.2) is 12.4 Å². The van der Waals surface area contributed by atoms with E-state index < -0.39 is 35.4 Å². The van der Waals surface area contributed by atoms with Crippen LogP contribution < -0.4 is 4.74 Å². The lowest BCUT2D eigenvalue weighted by atomic mass is 10.1. The first kappa shape index (κ1) is 13.1. The Kier molecular flexibility index (Phi) is 3.85. The lowest BCUT2D eigenvalue weighted by molar-refractivity contribution is 0.0914. The van der Waals surface area contributed by atoms with Crippen molar-refractivity contribution in [3.63, 3.8) is 0 Å². The largest absolute Gasteiger partial charge is 0.482 e. The Labute approximate surface area is 107 Å².